The zero-order valence-corrected chi connectivity index (χ0v) is 30.8. The van der Waals surface area contributed by atoms with E-state index < -0.39 is 61.6 Å². The molecule has 3 atom stereocenters. The number of nitrogens with zero attached hydrogens (tertiary/aromatic N) is 3. The minimum atomic E-state index is -2.15. The topological polar surface area (TPSA) is 168 Å². The Morgan fingerprint density at radius 2 is 0.787 bits per heavy atom. The van der Waals surface area contributed by atoms with E-state index in [0.29, 0.717) is 19.3 Å². The molecule has 3 rings (SSSR count). The summed E-state index contributed by atoms with van der Waals surface area (Å²) in [5.41, 5.74) is 0. The Balaban J connectivity index is 0.00000768. The van der Waals surface area contributed by atoms with Crippen molar-refractivity contribution in [3.8, 4) is 0 Å². The molecular formula is C30H48BN3NaO12. The second kappa shape index (κ2) is 19.3. The third-order valence-electron chi connectivity index (χ3n) is 7.54. The second-order valence-corrected chi connectivity index (χ2v) is 13.1. The van der Waals surface area contributed by atoms with E-state index in [-0.39, 0.29) is 106 Å². The molecule has 15 nitrogen and oxygen atoms in total. The van der Waals surface area contributed by atoms with Gasteiger partial charge in [-0.3, -0.25) is 29.1 Å². The summed E-state index contributed by atoms with van der Waals surface area (Å²) in [6.45, 7) is 12.5. The van der Waals surface area contributed by atoms with Crippen LogP contribution in [0.4, 0.5) is 14.4 Å². The van der Waals surface area contributed by atoms with Gasteiger partial charge >= 0.3 is 55.2 Å². The fraction of sp³-hybridized carbons (Fsp3) is 0.800. The quantitative estimate of drug-likeness (QED) is 0.206. The van der Waals surface area contributed by atoms with E-state index in [0.717, 1.165) is 0 Å². The van der Waals surface area contributed by atoms with E-state index in [9.17, 15) is 28.8 Å². The Morgan fingerprint density at radius 3 is 1.02 bits per heavy atom. The number of carbonyl (C=O) groups excluding carboxylic acids is 6. The van der Waals surface area contributed by atoms with Crippen LogP contribution in [0.5, 0.6) is 0 Å². The number of ether oxygens (including phenoxy) is 3. The van der Waals surface area contributed by atoms with Crippen LogP contribution in [0, 0.1) is 17.8 Å². The summed E-state index contributed by atoms with van der Waals surface area (Å²) in [6, 6.07) is -3.20. The molecule has 0 aromatic carbocycles. The minimum Gasteiger partial charge on any atom is -0.641 e. The molecule has 17 heteroatoms. The molecule has 3 heterocycles. The van der Waals surface area contributed by atoms with Gasteiger partial charge in [-0.25, -0.2) is 14.4 Å². The van der Waals surface area contributed by atoms with Crippen LogP contribution in [0.1, 0.15) is 80.1 Å². The summed E-state index contributed by atoms with van der Waals surface area (Å²) in [7, 11) is -2.15. The molecule has 3 amide bonds. The predicted octanol–water partition coefficient (Wildman–Crippen LogP) is 0.376. The van der Waals surface area contributed by atoms with Gasteiger partial charge in [0.15, 0.2) is 0 Å². The first-order valence-electron chi connectivity index (χ1n) is 16.2. The van der Waals surface area contributed by atoms with Crippen LogP contribution in [0.3, 0.4) is 0 Å². The van der Waals surface area contributed by atoms with Gasteiger partial charge in [-0.15, -0.1) is 0 Å². The Kier molecular flexibility index (Phi) is 16.6. The zero-order chi connectivity index (χ0) is 34.0. The molecule has 0 saturated carbocycles. The van der Waals surface area contributed by atoms with Gasteiger partial charge in [-0.1, -0.05) is 41.5 Å². The Hall–Kier alpha value is -2.72. The number of hydrogen-bond acceptors (Lipinski definition) is 12. The molecular weight excluding hydrogens is 628 g/mol. The van der Waals surface area contributed by atoms with Gasteiger partial charge in [0.1, 0.15) is 18.1 Å². The molecule has 0 N–H and O–H groups in total. The normalized spacial score (nSPS) is 20.8. The number of rotatable bonds is 12. The van der Waals surface area contributed by atoms with E-state index in [1.807, 2.05) is 41.5 Å². The van der Waals surface area contributed by atoms with Gasteiger partial charge in [0.05, 0.1) is 19.8 Å². The summed E-state index contributed by atoms with van der Waals surface area (Å²) < 4.78 is 32.1. The van der Waals surface area contributed by atoms with Crippen molar-refractivity contribution in [3.05, 3.63) is 0 Å². The summed E-state index contributed by atoms with van der Waals surface area (Å²) in [6.07, 6.45) is 0.148. The first-order chi connectivity index (χ1) is 21.8. The molecule has 0 spiro atoms. The molecule has 3 saturated heterocycles. The second-order valence-electron chi connectivity index (χ2n) is 13.1. The third-order valence-corrected chi connectivity index (χ3v) is 7.54. The van der Waals surface area contributed by atoms with E-state index in [1.54, 1.807) is 0 Å². The SMILES string of the molecule is CC(C)COC(=O)N1CCC[C@H]1C(=O)O[B-](OC(=O)[C@@H]1CCCN1C(=O)OCC(C)C)OC(=O)[C@@H]1CCCN1C(=O)OCC(C)C.[Na+]. The summed E-state index contributed by atoms with van der Waals surface area (Å²) in [5, 5.41) is 0. The fourth-order valence-corrected chi connectivity index (χ4v) is 5.25. The number of amides is 3. The molecule has 259 valence electrons. The van der Waals surface area contributed by atoms with Crippen LogP contribution >= 0.6 is 0 Å². The third kappa shape index (κ3) is 12.0. The van der Waals surface area contributed by atoms with Crippen LogP contribution in [-0.2, 0) is 42.6 Å². The van der Waals surface area contributed by atoms with Crippen molar-refractivity contribution in [1.82, 2.24) is 14.7 Å². The number of hydrogen-bond donors (Lipinski definition) is 0. The maximum absolute atomic E-state index is 13.3. The van der Waals surface area contributed by atoms with Gasteiger partial charge in [-0.05, 0) is 56.3 Å². The summed E-state index contributed by atoms with van der Waals surface area (Å²) >= 11 is 0. The van der Waals surface area contributed by atoms with E-state index in [4.69, 9.17) is 28.2 Å². The molecule has 0 bridgehead atoms. The van der Waals surface area contributed by atoms with Crippen molar-refractivity contribution in [3.63, 3.8) is 0 Å². The van der Waals surface area contributed by atoms with Crippen LogP contribution in [0.15, 0.2) is 0 Å². The average molecular weight is 677 g/mol. The van der Waals surface area contributed by atoms with E-state index in [1.165, 1.54) is 14.7 Å². The molecule has 0 aromatic rings. The molecule has 47 heavy (non-hydrogen) atoms. The van der Waals surface area contributed by atoms with Crippen LogP contribution < -0.4 is 29.6 Å². The first-order valence-corrected chi connectivity index (χ1v) is 16.2. The van der Waals surface area contributed by atoms with Gasteiger partial charge in [0.25, 0.3) is 17.9 Å². The molecule has 0 aliphatic carbocycles. The molecule has 3 aliphatic rings. The largest absolute Gasteiger partial charge is 1.00 e. The zero-order valence-electron chi connectivity index (χ0n) is 28.8. The van der Waals surface area contributed by atoms with E-state index >= 15 is 0 Å². The molecule has 1 radical (unpaired) electrons. The van der Waals surface area contributed by atoms with Gasteiger partial charge in [0, 0.05) is 19.6 Å². The van der Waals surface area contributed by atoms with Crippen molar-refractivity contribution in [2.45, 2.75) is 98.2 Å². The minimum absolute atomic E-state index is 0. The molecule has 0 aromatic heterocycles. The molecule has 3 aliphatic heterocycles. The van der Waals surface area contributed by atoms with Crippen molar-refractivity contribution in [1.29, 1.82) is 0 Å². The van der Waals surface area contributed by atoms with E-state index in [2.05, 4.69) is 0 Å². The standard InChI is InChI=1S/C30H48BN3O12.Na/c1-19(2)16-41-28(38)32-13-7-10-22(32)25(35)44-31(45-26(36)23-11-8-14-33(23)29(39)42-17-20(3)4)46-27(37)24-12-9-15-34(24)30(40)43-18-21(5)6;/h19-24H,7-18H2,1-6H3;/q-1;+1/t22-,23-,24-;/m0./s1. The Bertz CT molecular complexity index is 977. The van der Waals surface area contributed by atoms with Crippen molar-refractivity contribution >= 4 is 43.5 Å². The first kappa shape index (κ1) is 40.5. The van der Waals surface area contributed by atoms with Crippen molar-refractivity contribution in [2.75, 3.05) is 39.5 Å². The maximum atomic E-state index is 13.3. The maximum Gasteiger partial charge on any atom is 1.00 e. The molecule has 0 unspecified atom stereocenters. The number of likely N-dealkylation sites (tertiary alicyclic amines) is 3. The monoisotopic (exact) mass is 676 g/mol. The van der Waals surface area contributed by atoms with Crippen molar-refractivity contribution < 1.29 is 86.5 Å². The van der Waals surface area contributed by atoms with Crippen LogP contribution in [-0.4, -0.2) is 116 Å². The summed E-state index contributed by atoms with van der Waals surface area (Å²) in [4.78, 5) is 81.7. The van der Waals surface area contributed by atoms with Gasteiger partial charge in [0.2, 0.25) is 0 Å². The van der Waals surface area contributed by atoms with Crippen LogP contribution in [0.25, 0.3) is 0 Å². The summed E-state index contributed by atoms with van der Waals surface area (Å²) in [5.74, 6) is -2.67. The molecule has 3 fully saturated rings. The average Bonchev–Trinajstić information content (AvgIpc) is 3.78. The Labute approximate surface area is 299 Å². The van der Waals surface area contributed by atoms with Gasteiger partial charge < -0.3 is 28.2 Å². The predicted molar refractivity (Wildman–Crippen MR) is 162 cm³/mol. The smallest absolute Gasteiger partial charge is 0.641 e. The Morgan fingerprint density at radius 1 is 0.532 bits per heavy atom. The van der Waals surface area contributed by atoms with Crippen LogP contribution in [0.2, 0.25) is 0 Å². The fourth-order valence-electron chi connectivity index (χ4n) is 5.25. The van der Waals surface area contributed by atoms with Gasteiger partial charge in [-0.2, -0.15) is 0 Å². The number of carbonyl (C=O) groups is 6. The van der Waals surface area contributed by atoms with Crippen molar-refractivity contribution in [2.24, 2.45) is 17.8 Å².